The fraction of sp³-hybridized carbons (Fsp3) is 0.212. The Hall–Kier alpha value is -4.89. The average Bonchev–Trinajstić information content (AvgIpc) is 3.62. The number of phenols is 1. The first-order valence-electron chi connectivity index (χ1n) is 13.5. The molecule has 1 atom stereocenters. The highest BCUT2D eigenvalue weighted by molar-refractivity contribution is 6.07. The summed E-state index contributed by atoms with van der Waals surface area (Å²) in [7, 11) is 2.96. The molecule has 3 N–H and O–H groups in total. The third-order valence-electron chi connectivity index (χ3n) is 7.25. The number of aromatic hydroxyl groups is 1. The van der Waals surface area contributed by atoms with Gasteiger partial charge in [-0.1, -0.05) is 42.5 Å². The number of nitrogens with one attached hydrogen (secondary N) is 2. The zero-order valence-electron chi connectivity index (χ0n) is 23.6. The number of halogens is 1. The minimum atomic E-state index is -0.819. The minimum absolute atomic E-state index is 0.0714. The van der Waals surface area contributed by atoms with Crippen LogP contribution in [0.3, 0.4) is 0 Å². The van der Waals surface area contributed by atoms with E-state index in [1.807, 2.05) is 43.3 Å². The van der Waals surface area contributed by atoms with E-state index >= 15 is 0 Å². The molecule has 4 aromatic rings. The number of amides is 1. The van der Waals surface area contributed by atoms with Gasteiger partial charge in [-0.2, -0.15) is 0 Å². The zero-order chi connectivity index (χ0) is 29.6. The Labute approximate surface area is 243 Å². The maximum Gasteiger partial charge on any atom is 0.242 e. The van der Waals surface area contributed by atoms with Gasteiger partial charge in [-0.05, 0) is 76.6 Å². The molecule has 1 aliphatic rings. The molecular formula is C33H32FN3O5. The number of carbonyl (C=O) groups excluding carboxylic acids is 1. The first kappa shape index (κ1) is 28.6. The van der Waals surface area contributed by atoms with E-state index < -0.39 is 11.9 Å². The van der Waals surface area contributed by atoms with Crippen LogP contribution >= 0.6 is 0 Å². The number of phenolic OH excluding ortho intramolecular Hbond substituents is 1. The van der Waals surface area contributed by atoms with Crippen LogP contribution in [0.25, 0.3) is 11.1 Å². The van der Waals surface area contributed by atoms with Crippen LogP contribution in [0.5, 0.6) is 17.2 Å². The number of benzene rings is 3. The van der Waals surface area contributed by atoms with Crippen molar-refractivity contribution in [2.45, 2.75) is 32.5 Å². The molecular weight excluding hydrogens is 537 g/mol. The van der Waals surface area contributed by atoms with E-state index in [0.717, 1.165) is 27.8 Å². The van der Waals surface area contributed by atoms with Crippen molar-refractivity contribution in [3.05, 3.63) is 119 Å². The van der Waals surface area contributed by atoms with Crippen LogP contribution in [0, 0.1) is 5.82 Å². The molecule has 0 fully saturated rings. The molecule has 1 aromatic heterocycles. The number of ether oxygens (including phenoxy) is 2. The highest BCUT2D eigenvalue weighted by atomic mass is 19.1. The van der Waals surface area contributed by atoms with Crippen LogP contribution in [-0.4, -0.2) is 36.3 Å². The van der Waals surface area contributed by atoms with Crippen LogP contribution in [-0.2, 0) is 24.3 Å². The Balaban J connectivity index is 1.52. The van der Waals surface area contributed by atoms with Gasteiger partial charge in [-0.3, -0.25) is 10.1 Å². The third kappa shape index (κ3) is 6.06. The fourth-order valence-corrected chi connectivity index (χ4v) is 5.19. The molecule has 1 unspecified atom stereocenters. The summed E-state index contributed by atoms with van der Waals surface area (Å²) in [5.41, 5.74) is 5.66. The Morgan fingerprint density at radius 1 is 1.02 bits per heavy atom. The minimum Gasteiger partial charge on any atom is -0.502 e. The lowest BCUT2D eigenvalue weighted by Crippen LogP contribution is -2.44. The van der Waals surface area contributed by atoms with Crippen LogP contribution < -0.4 is 20.1 Å². The lowest BCUT2D eigenvalue weighted by Gasteiger charge is -2.21. The van der Waals surface area contributed by atoms with E-state index in [-0.39, 0.29) is 18.2 Å². The Kier molecular flexibility index (Phi) is 8.68. The quantitative estimate of drug-likeness (QED) is 0.221. The highest BCUT2D eigenvalue weighted by Gasteiger charge is 2.33. The molecule has 0 aliphatic heterocycles. The van der Waals surface area contributed by atoms with Crippen molar-refractivity contribution in [2.24, 2.45) is 0 Å². The van der Waals surface area contributed by atoms with Gasteiger partial charge >= 0.3 is 0 Å². The first-order chi connectivity index (χ1) is 20.4. The summed E-state index contributed by atoms with van der Waals surface area (Å²) in [5.74, 6) is 0.301. The van der Waals surface area contributed by atoms with E-state index in [4.69, 9.17) is 13.9 Å². The molecule has 1 heterocycles. The van der Waals surface area contributed by atoms with Gasteiger partial charge in [0.25, 0.3) is 0 Å². The van der Waals surface area contributed by atoms with Crippen LogP contribution in [0.1, 0.15) is 35.1 Å². The fourth-order valence-electron chi connectivity index (χ4n) is 5.19. The van der Waals surface area contributed by atoms with Crippen molar-refractivity contribution in [2.75, 3.05) is 14.2 Å². The zero-order valence-corrected chi connectivity index (χ0v) is 23.6. The molecule has 216 valence electrons. The number of hydrogen-bond acceptors (Lipinski definition) is 7. The van der Waals surface area contributed by atoms with E-state index in [9.17, 15) is 14.3 Å². The maximum atomic E-state index is 14.6. The van der Waals surface area contributed by atoms with Crippen LogP contribution in [0.2, 0.25) is 0 Å². The number of nitrogens with zero attached hydrogens (tertiary/aromatic N) is 1. The molecule has 8 nitrogen and oxygen atoms in total. The van der Waals surface area contributed by atoms with Gasteiger partial charge in [0.15, 0.2) is 11.5 Å². The van der Waals surface area contributed by atoms with Crippen molar-refractivity contribution < 1.29 is 28.2 Å². The van der Waals surface area contributed by atoms with E-state index in [2.05, 4.69) is 15.6 Å². The smallest absolute Gasteiger partial charge is 0.242 e. The predicted molar refractivity (Wildman–Crippen MR) is 157 cm³/mol. The van der Waals surface area contributed by atoms with Gasteiger partial charge in [0.05, 0.1) is 27.0 Å². The number of fused-ring (bicyclic) bond motifs is 1. The molecule has 3 aromatic carbocycles. The van der Waals surface area contributed by atoms with Crippen molar-refractivity contribution in [1.29, 1.82) is 0 Å². The predicted octanol–water partition coefficient (Wildman–Crippen LogP) is 5.42. The second kappa shape index (κ2) is 12.7. The van der Waals surface area contributed by atoms with Gasteiger partial charge in [0.1, 0.15) is 18.1 Å². The lowest BCUT2D eigenvalue weighted by molar-refractivity contribution is -0.122. The second-order valence-electron chi connectivity index (χ2n) is 9.84. The summed E-state index contributed by atoms with van der Waals surface area (Å²) in [6.07, 6.45) is 5.51. The van der Waals surface area contributed by atoms with Gasteiger partial charge in [0, 0.05) is 6.54 Å². The summed E-state index contributed by atoms with van der Waals surface area (Å²) in [4.78, 5) is 17.9. The number of allylic oxidation sites excluding steroid dienone is 3. The molecule has 0 bridgehead atoms. The summed E-state index contributed by atoms with van der Waals surface area (Å²) in [6.45, 7) is 2.47. The lowest BCUT2D eigenvalue weighted by atomic mass is 9.97. The number of carbonyl (C=O) groups is 1. The molecule has 9 heteroatoms. The van der Waals surface area contributed by atoms with Crippen molar-refractivity contribution in [3.63, 3.8) is 0 Å². The SMILES string of the molecule is COc1cc(C/C=C2/C(C)=C(C(NCc3ncco3)C(=O)NCc3ccccc3)c3cc(F)ccc32)cc(OC)c1O. The largest absolute Gasteiger partial charge is 0.502 e. The molecule has 0 saturated carbocycles. The Morgan fingerprint density at radius 2 is 1.76 bits per heavy atom. The molecule has 1 aliphatic carbocycles. The van der Waals surface area contributed by atoms with Gasteiger partial charge in [0.2, 0.25) is 17.5 Å². The third-order valence-corrected chi connectivity index (χ3v) is 7.25. The van der Waals surface area contributed by atoms with E-state index in [1.54, 1.807) is 24.4 Å². The molecule has 1 amide bonds. The van der Waals surface area contributed by atoms with Crippen molar-refractivity contribution in [3.8, 4) is 17.2 Å². The first-order valence-corrected chi connectivity index (χ1v) is 13.5. The summed E-state index contributed by atoms with van der Waals surface area (Å²) >= 11 is 0. The number of methoxy groups -OCH3 is 2. The molecule has 0 radical (unpaired) electrons. The molecule has 0 spiro atoms. The van der Waals surface area contributed by atoms with Gasteiger partial charge in [-0.15, -0.1) is 0 Å². The van der Waals surface area contributed by atoms with Crippen molar-refractivity contribution in [1.82, 2.24) is 15.6 Å². The van der Waals surface area contributed by atoms with Crippen LogP contribution in [0.4, 0.5) is 4.39 Å². The number of oxazole rings is 1. The normalized spacial score (nSPS) is 14.1. The summed E-state index contributed by atoms with van der Waals surface area (Å²) < 4.78 is 30.7. The monoisotopic (exact) mass is 569 g/mol. The number of aromatic nitrogens is 1. The highest BCUT2D eigenvalue weighted by Crippen LogP contribution is 2.44. The number of hydrogen-bond donors (Lipinski definition) is 3. The van der Waals surface area contributed by atoms with Crippen molar-refractivity contribution >= 4 is 17.1 Å². The summed E-state index contributed by atoms with van der Waals surface area (Å²) in [5, 5.41) is 16.6. The molecule has 5 rings (SSSR count). The van der Waals surface area contributed by atoms with Gasteiger partial charge < -0.3 is 24.3 Å². The summed E-state index contributed by atoms with van der Waals surface area (Å²) in [6, 6.07) is 16.9. The number of rotatable bonds is 11. The second-order valence-corrected chi connectivity index (χ2v) is 9.84. The maximum absolute atomic E-state index is 14.6. The average molecular weight is 570 g/mol. The van der Waals surface area contributed by atoms with Gasteiger partial charge in [-0.25, -0.2) is 9.37 Å². The molecule has 0 saturated heterocycles. The Morgan fingerprint density at radius 3 is 2.43 bits per heavy atom. The Bertz CT molecular complexity index is 1610. The van der Waals surface area contributed by atoms with E-state index in [0.29, 0.717) is 41.5 Å². The molecule has 42 heavy (non-hydrogen) atoms. The van der Waals surface area contributed by atoms with E-state index in [1.165, 1.54) is 32.6 Å². The standard InChI is InChI=1S/C33H32FN3O5/c1-20-24(11-9-22-15-27(40-2)32(38)28(16-22)41-3)25-12-10-23(34)17-26(25)30(20)31(36-19-29-35-13-14-42-29)33(39)37-18-21-7-5-4-6-8-21/h4-8,10-17,31,36,38H,9,18-19H2,1-3H3,(H,37,39)/b24-11-. The van der Waals surface area contributed by atoms with Crippen LogP contribution in [0.15, 0.2) is 89.2 Å². The topological polar surface area (TPSA) is 106 Å².